The van der Waals surface area contributed by atoms with Crippen molar-refractivity contribution in [2.45, 2.75) is 52.6 Å². The van der Waals surface area contributed by atoms with E-state index in [1.165, 1.54) is 0 Å². The van der Waals surface area contributed by atoms with Gasteiger partial charge in [-0.25, -0.2) is 14.5 Å². The number of fused-ring (bicyclic) bond motifs is 2. The van der Waals surface area contributed by atoms with Gasteiger partial charge in [-0.15, -0.1) is 0 Å². The van der Waals surface area contributed by atoms with E-state index in [0.717, 1.165) is 47.7 Å². The van der Waals surface area contributed by atoms with Gasteiger partial charge in [-0.1, -0.05) is 0 Å². The van der Waals surface area contributed by atoms with Crippen LogP contribution in [0.1, 0.15) is 38.6 Å². The maximum absolute atomic E-state index is 10.8. The highest BCUT2D eigenvalue weighted by atomic mass is 16.3. The summed E-state index contributed by atoms with van der Waals surface area (Å²) in [5.41, 5.74) is 4.95. The molecule has 2 N–H and O–H groups in total. The van der Waals surface area contributed by atoms with Crippen molar-refractivity contribution in [3.05, 3.63) is 41.9 Å². The van der Waals surface area contributed by atoms with Crippen molar-refractivity contribution in [1.29, 1.82) is 0 Å². The van der Waals surface area contributed by atoms with Crippen LogP contribution in [-0.2, 0) is 0 Å². The fourth-order valence-corrected chi connectivity index (χ4v) is 4.56. The van der Waals surface area contributed by atoms with Crippen molar-refractivity contribution in [3.8, 4) is 17.1 Å². The number of aryl methyl sites for hydroxylation is 2. The molecule has 8 heteroatoms. The third-order valence-corrected chi connectivity index (χ3v) is 5.80. The number of rotatable bonds is 3. The van der Waals surface area contributed by atoms with Crippen LogP contribution in [0, 0.1) is 13.8 Å². The second-order valence-corrected chi connectivity index (χ2v) is 9.69. The van der Waals surface area contributed by atoms with Gasteiger partial charge in [0.15, 0.2) is 11.4 Å². The molecule has 32 heavy (non-hydrogen) atoms. The minimum Gasteiger partial charge on any atom is -0.504 e. The Kier molecular flexibility index (Phi) is 4.78. The van der Waals surface area contributed by atoms with Crippen molar-refractivity contribution in [3.63, 3.8) is 0 Å². The van der Waals surface area contributed by atoms with Gasteiger partial charge in [0.05, 0.1) is 34.3 Å². The van der Waals surface area contributed by atoms with Gasteiger partial charge in [-0.2, -0.15) is 5.10 Å². The average Bonchev–Trinajstić information content (AvgIpc) is 3.30. The Labute approximate surface area is 187 Å². The molecule has 1 aliphatic heterocycles. The van der Waals surface area contributed by atoms with E-state index in [4.69, 9.17) is 9.97 Å². The van der Waals surface area contributed by atoms with Gasteiger partial charge in [0, 0.05) is 24.7 Å². The number of nitrogens with zero attached hydrogens (tertiary/aromatic N) is 6. The summed E-state index contributed by atoms with van der Waals surface area (Å²) in [4.78, 5) is 16.3. The van der Waals surface area contributed by atoms with E-state index in [9.17, 15) is 5.11 Å². The average molecular weight is 432 g/mol. The van der Waals surface area contributed by atoms with Gasteiger partial charge < -0.3 is 15.3 Å². The van der Waals surface area contributed by atoms with Gasteiger partial charge in [0.25, 0.3) is 0 Å². The van der Waals surface area contributed by atoms with Crippen LogP contribution < -0.4 is 10.2 Å². The second-order valence-electron chi connectivity index (χ2n) is 9.69. The van der Waals surface area contributed by atoms with Gasteiger partial charge >= 0.3 is 0 Å². The van der Waals surface area contributed by atoms with Crippen LogP contribution in [0.4, 0.5) is 5.82 Å². The van der Waals surface area contributed by atoms with Crippen molar-refractivity contribution in [2.24, 2.45) is 0 Å². The minimum absolute atomic E-state index is 0.0980. The van der Waals surface area contributed by atoms with E-state index >= 15 is 0 Å². The molecule has 5 rings (SSSR count). The fourth-order valence-electron chi connectivity index (χ4n) is 4.56. The number of hydrogen-bond donors (Lipinski definition) is 2. The van der Waals surface area contributed by atoms with Gasteiger partial charge in [0.1, 0.15) is 11.3 Å². The van der Waals surface area contributed by atoms with Crippen LogP contribution in [0.15, 0.2) is 30.5 Å². The zero-order chi connectivity index (χ0) is 22.6. The first-order valence-corrected chi connectivity index (χ1v) is 11.0. The standard InChI is InChI=1S/C24H29N7O/c1-14-12-31-22(15(2)25-14)23(32)21(29-31)19-7-6-18-17(26-19)8-9-20(27-18)30-11-10-16(13-30)28-24(3,4)5/h6-9,12,16,28,32H,10-11,13H2,1-5H3. The number of nitrogens with one attached hydrogen (secondary N) is 1. The Morgan fingerprint density at radius 1 is 1.03 bits per heavy atom. The summed E-state index contributed by atoms with van der Waals surface area (Å²) >= 11 is 0. The predicted octanol–water partition coefficient (Wildman–Crippen LogP) is 3.63. The molecular weight excluding hydrogens is 402 g/mol. The summed E-state index contributed by atoms with van der Waals surface area (Å²) < 4.78 is 1.67. The molecule has 5 heterocycles. The topological polar surface area (TPSA) is 91.5 Å². The molecule has 8 nitrogen and oxygen atoms in total. The lowest BCUT2D eigenvalue weighted by atomic mass is 10.1. The van der Waals surface area contributed by atoms with E-state index < -0.39 is 0 Å². The zero-order valence-corrected chi connectivity index (χ0v) is 19.2. The molecule has 0 aliphatic carbocycles. The SMILES string of the molecule is Cc1cn2nc(-c3ccc4nc(N5CCC(NC(C)(C)C)C5)ccc4n3)c(O)c2c(C)n1. The summed E-state index contributed by atoms with van der Waals surface area (Å²) in [5.74, 6) is 1.07. The van der Waals surface area contributed by atoms with E-state index in [1.807, 2.05) is 38.1 Å². The smallest absolute Gasteiger partial charge is 0.173 e. The maximum atomic E-state index is 10.8. The molecule has 4 aromatic heterocycles. The minimum atomic E-state index is 0.0980. The lowest BCUT2D eigenvalue weighted by molar-refractivity contribution is 0.373. The molecule has 0 spiro atoms. The van der Waals surface area contributed by atoms with Crippen LogP contribution in [0.5, 0.6) is 5.75 Å². The van der Waals surface area contributed by atoms with Gasteiger partial charge in [-0.05, 0) is 65.3 Å². The molecule has 1 saturated heterocycles. The van der Waals surface area contributed by atoms with Crippen molar-refractivity contribution < 1.29 is 5.11 Å². The third-order valence-electron chi connectivity index (χ3n) is 5.80. The summed E-state index contributed by atoms with van der Waals surface area (Å²) in [6.45, 7) is 12.3. The Bertz CT molecular complexity index is 1320. The Morgan fingerprint density at radius 3 is 2.56 bits per heavy atom. The Hall–Kier alpha value is -3.26. The second kappa shape index (κ2) is 7.41. The molecule has 1 atom stereocenters. The first-order chi connectivity index (χ1) is 15.2. The molecule has 0 saturated carbocycles. The number of pyridine rings is 2. The third kappa shape index (κ3) is 3.75. The monoisotopic (exact) mass is 431 g/mol. The number of anilines is 1. The molecule has 166 valence electrons. The number of aromatic nitrogens is 5. The van der Waals surface area contributed by atoms with Gasteiger partial charge in [-0.3, -0.25) is 4.98 Å². The summed E-state index contributed by atoms with van der Waals surface area (Å²) in [5, 5.41) is 19.0. The van der Waals surface area contributed by atoms with Crippen molar-refractivity contribution >= 4 is 22.4 Å². The molecule has 0 bridgehead atoms. The molecule has 1 aliphatic rings. The quantitative estimate of drug-likeness (QED) is 0.512. The highest BCUT2D eigenvalue weighted by Crippen LogP contribution is 2.33. The van der Waals surface area contributed by atoms with Crippen LogP contribution in [-0.4, -0.2) is 54.3 Å². The number of hydrogen-bond acceptors (Lipinski definition) is 7. The van der Waals surface area contributed by atoms with E-state index in [1.54, 1.807) is 10.7 Å². The zero-order valence-electron chi connectivity index (χ0n) is 19.2. The van der Waals surface area contributed by atoms with E-state index in [2.05, 4.69) is 41.1 Å². The first-order valence-electron chi connectivity index (χ1n) is 11.0. The molecule has 1 unspecified atom stereocenters. The van der Waals surface area contributed by atoms with Gasteiger partial charge in [0.2, 0.25) is 0 Å². The lowest BCUT2D eigenvalue weighted by Crippen LogP contribution is -2.44. The molecule has 0 amide bonds. The predicted molar refractivity (Wildman–Crippen MR) is 126 cm³/mol. The van der Waals surface area contributed by atoms with Crippen molar-refractivity contribution in [1.82, 2.24) is 29.9 Å². The van der Waals surface area contributed by atoms with Crippen LogP contribution in [0.2, 0.25) is 0 Å². The summed E-state index contributed by atoms with van der Waals surface area (Å²) in [7, 11) is 0. The number of aromatic hydroxyl groups is 1. The Morgan fingerprint density at radius 2 is 1.78 bits per heavy atom. The fraction of sp³-hybridized carbons (Fsp3) is 0.417. The largest absolute Gasteiger partial charge is 0.504 e. The molecule has 0 aromatic carbocycles. The molecule has 4 aromatic rings. The Balaban J connectivity index is 1.45. The highest BCUT2D eigenvalue weighted by Gasteiger charge is 2.26. The highest BCUT2D eigenvalue weighted by molar-refractivity contribution is 5.82. The van der Waals surface area contributed by atoms with E-state index in [0.29, 0.717) is 22.9 Å². The first kappa shape index (κ1) is 20.6. The van der Waals surface area contributed by atoms with Crippen molar-refractivity contribution in [2.75, 3.05) is 18.0 Å². The summed E-state index contributed by atoms with van der Waals surface area (Å²) in [6.07, 6.45) is 2.91. The van der Waals surface area contributed by atoms with Crippen LogP contribution >= 0.6 is 0 Å². The van der Waals surface area contributed by atoms with E-state index in [-0.39, 0.29) is 11.3 Å². The lowest BCUT2D eigenvalue weighted by Gasteiger charge is -2.26. The normalized spacial score (nSPS) is 17.0. The molecular formula is C24H29N7O. The molecule has 1 fully saturated rings. The van der Waals surface area contributed by atoms with Crippen LogP contribution in [0.3, 0.4) is 0 Å². The molecule has 0 radical (unpaired) electrons. The van der Waals surface area contributed by atoms with Crippen LogP contribution in [0.25, 0.3) is 27.9 Å². The maximum Gasteiger partial charge on any atom is 0.173 e. The summed E-state index contributed by atoms with van der Waals surface area (Å²) in [6, 6.07) is 8.30.